The van der Waals surface area contributed by atoms with Gasteiger partial charge in [0.1, 0.15) is 0 Å². The number of aryl methyl sites for hydroxylation is 1. The Kier molecular flexibility index (Phi) is 7.05. The van der Waals surface area contributed by atoms with Crippen LogP contribution in [0, 0.1) is 6.92 Å². The molecule has 1 heterocycles. The van der Waals surface area contributed by atoms with Gasteiger partial charge in [0, 0.05) is 6.04 Å². The zero-order chi connectivity index (χ0) is 19.1. The van der Waals surface area contributed by atoms with E-state index in [1.165, 1.54) is 25.7 Å². The van der Waals surface area contributed by atoms with Crippen molar-refractivity contribution in [1.82, 2.24) is 9.62 Å². The molecule has 0 amide bonds. The number of sulfonamides is 1. The average molecular weight is 387 g/mol. The van der Waals surface area contributed by atoms with Gasteiger partial charge in [0.25, 0.3) is 0 Å². The molecule has 27 heavy (non-hydrogen) atoms. The van der Waals surface area contributed by atoms with Gasteiger partial charge >= 0.3 is 0 Å². The fourth-order valence-electron chi connectivity index (χ4n) is 3.62. The van der Waals surface area contributed by atoms with Crippen LogP contribution in [-0.2, 0) is 10.0 Å². The third-order valence-corrected chi connectivity index (χ3v) is 6.75. The Balaban J connectivity index is 1.74. The smallest absolute Gasteiger partial charge is 0.241 e. The SMILES string of the molecule is Cc1ccc(S(=O)(=O)NC(CCN2CCCCCC2)c2ccccc2)cc1. The predicted molar refractivity (Wildman–Crippen MR) is 110 cm³/mol. The summed E-state index contributed by atoms with van der Waals surface area (Å²) >= 11 is 0. The minimum Gasteiger partial charge on any atom is -0.303 e. The summed E-state index contributed by atoms with van der Waals surface area (Å²) in [6.07, 6.45) is 5.86. The largest absolute Gasteiger partial charge is 0.303 e. The quantitative estimate of drug-likeness (QED) is 0.773. The van der Waals surface area contributed by atoms with Crippen molar-refractivity contribution in [3.63, 3.8) is 0 Å². The van der Waals surface area contributed by atoms with Crippen molar-refractivity contribution >= 4 is 10.0 Å². The van der Waals surface area contributed by atoms with Crippen LogP contribution < -0.4 is 4.72 Å². The Hall–Kier alpha value is -1.69. The number of nitrogens with zero attached hydrogens (tertiary/aromatic N) is 1. The van der Waals surface area contributed by atoms with E-state index in [1.54, 1.807) is 12.1 Å². The first kappa shape index (κ1) is 20.1. The van der Waals surface area contributed by atoms with Crippen molar-refractivity contribution in [2.75, 3.05) is 19.6 Å². The van der Waals surface area contributed by atoms with Crippen molar-refractivity contribution in [2.45, 2.75) is 50.0 Å². The van der Waals surface area contributed by atoms with Crippen molar-refractivity contribution in [1.29, 1.82) is 0 Å². The molecule has 1 fully saturated rings. The lowest BCUT2D eigenvalue weighted by molar-refractivity contribution is 0.271. The molecule has 1 N–H and O–H groups in total. The zero-order valence-electron chi connectivity index (χ0n) is 16.1. The standard InChI is InChI=1S/C22H30N2O2S/c1-19-11-13-21(14-12-19)27(25,26)23-22(20-9-5-4-6-10-20)15-18-24-16-7-2-3-8-17-24/h4-6,9-14,22-23H,2-3,7-8,15-18H2,1H3. The molecule has 2 aromatic carbocycles. The van der Waals surface area contributed by atoms with E-state index in [-0.39, 0.29) is 6.04 Å². The fraction of sp³-hybridized carbons (Fsp3) is 0.455. The van der Waals surface area contributed by atoms with Crippen molar-refractivity contribution < 1.29 is 8.42 Å². The maximum Gasteiger partial charge on any atom is 0.241 e. The molecule has 4 nitrogen and oxygen atoms in total. The van der Waals surface area contributed by atoms with Crippen molar-refractivity contribution in [3.05, 3.63) is 65.7 Å². The topological polar surface area (TPSA) is 49.4 Å². The normalized spacial score (nSPS) is 17.4. The van der Waals surface area contributed by atoms with Gasteiger partial charge in [-0.15, -0.1) is 0 Å². The summed E-state index contributed by atoms with van der Waals surface area (Å²) in [6.45, 7) is 5.10. The van der Waals surface area contributed by atoms with Crippen LogP contribution in [-0.4, -0.2) is 33.0 Å². The second-order valence-corrected chi connectivity index (χ2v) is 9.16. The number of likely N-dealkylation sites (tertiary alicyclic amines) is 1. The van der Waals surface area contributed by atoms with Crippen LogP contribution in [0.2, 0.25) is 0 Å². The van der Waals surface area contributed by atoms with E-state index in [2.05, 4.69) is 9.62 Å². The molecule has 0 radical (unpaired) electrons. The first-order chi connectivity index (χ1) is 13.0. The summed E-state index contributed by atoms with van der Waals surface area (Å²) in [4.78, 5) is 2.80. The van der Waals surface area contributed by atoms with Gasteiger partial charge in [-0.2, -0.15) is 0 Å². The molecule has 3 rings (SSSR count). The first-order valence-corrected chi connectivity index (χ1v) is 11.4. The van der Waals surface area contributed by atoms with Gasteiger partial charge in [0.05, 0.1) is 4.90 Å². The molecule has 2 aromatic rings. The second-order valence-electron chi connectivity index (χ2n) is 7.44. The second kappa shape index (κ2) is 9.49. The van der Waals surface area contributed by atoms with Gasteiger partial charge in [-0.05, 0) is 63.5 Å². The number of rotatable bonds is 7. The lowest BCUT2D eigenvalue weighted by Crippen LogP contribution is -2.33. The molecule has 0 spiro atoms. The molecule has 1 aliphatic rings. The summed E-state index contributed by atoms with van der Waals surface area (Å²) in [7, 11) is -3.55. The number of hydrogen-bond donors (Lipinski definition) is 1. The molecule has 1 saturated heterocycles. The Morgan fingerprint density at radius 2 is 1.56 bits per heavy atom. The Bertz CT molecular complexity index is 796. The highest BCUT2D eigenvalue weighted by atomic mass is 32.2. The summed E-state index contributed by atoms with van der Waals surface area (Å²) < 4.78 is 28.8. The Morgan fingerprint density at radius 1 is 0.926 bits per heavy atom. The Morgan fingerprint density at radius 3 is 2.19 bits per heavy atom. The van der Waals surface area contributed by atoms with Crippen LogP contribution in [0.5, 0.6) is 0 Å². The summed E-state index contributed by atoms with van der Waals surface area (Å²) in [6, 6.07) is 16.7. The van der Waals surface area contributed by atoms with Crippen LogP contribution in [0.3, 0.4) is 0 Å². The fourth-order valence-corrected chi connectivity index (χ4v) is 4.88. The van der Waals surface area contributed by atoms with E-state index in [4.69, 9.17) is 0 Å². The maximum absolute atomic E-state index is 12.9. The molecule has 0 bridgehead atoms. The molecule has 0 saturated carbocycles. The molecule has 1 atom stereocenters. The first-order valence-electron chi connectivity index (χ1n) is 9.91. The monoisotopic (exact) mass is 386 g/mol. The lowest BCUT2D eigenvalue weighted by atomic mass is 10.0. The van der Waals surface area contributed by atoms with Crippen LogP contribution in [0.25, 0.3) is 0 Å². The van der Waals surface area contributed by atoms with E-state index in [0.29, 0.717) is 4.90 Å². The van der Waals surface area contributed by atoms with Crippen LogP contribution in [0.15, 0.2) is 59.5 Å². The molecule has 0 aromatic heterocycles. The third kappa shape index (κ3) is 5.89. The van der Waals surface area contributed by atoms with Crippen LogP contribution >= 0.6 is 0 Å². The molecule has 0 aliphatic carbocycles. The van der Waals surface area contributed by atoms with E-state index < -0.39 is 10.0 Å². The highest BCUT2D eigenvalue weighted by molar-refractivity contribution is 7.89. The molecule has 1 unspecified atom stereocenters. The summed E-state index contributed by atoms with van der Waals surface area (Å²) in [5.41, 5.74) is 2.07. The Labute approximate surface area is 163 Å². The van der Waals surface area contributed by atoms with Gasteiger partial charge in [-0.3, -0.25) is 0 Å². The maximum atomic E-state index is 12.9. The summed E-state index contributed by atoms with van der Waals surface area (Å²) in [5, 5.41) is 0. The lowest BCUT2D eigenvalue weighted by Gasteiger charge is -2.25. The number of nitrogens with one attached hydrogen (secondary N) is 1. The molecule has 5 heteroatoms. The zero-order valence-corrected chi connectivity index (χ0v) is 16.9. The van der Waals surface area contributed by atoms with Crippen LogP contribution in [0.4, 0.5) is 0 Å². The van der Waals surface area contributed by atoms with E-state index >= 15 is 0 Å². The predicted octanol–water partition coefficient (Wildman–Crippen LogP) is 4.28. The average Bonchev–Trinajstić information content (AvgIpc) is 2.95. The number of hydrogen-bond acceptors (Lipinski definition) is 3. The van der Waals surface area contributed by atoms with Crippen molar-refractivity contribution in [3.8, 4) is 0 Å². The van der Waals surface area contributed by atoms with Crippen molar-refractivity contribution in [2.24, 2.45) is 0 Å². The minimum atomic E-state index is -3.55. The highest BCUT2D eigenvalue weighted by Crippen LogP contribution is 2.22. The molecule has 1 aliphatic heterocycles. The van der Waals surface area contributed by atoms with E-state index in [0.717, 1.165) is 37.2 Å². The van der Waals surface area contributed by atoms with Gasteiger partial charge in [-0.25, -0.2) is 13.1 Å². The molecular formula is C22H30N2O2S. The van der Waals surface area contributed by atoms with Gasteiger partial charge in [-0.1, -0.05) is 60.9 Å². The number of benzene rings is 2. The van der Waals surface area contributed by atoms with Gasteiger partial charge in [0.15, 0.2) is 0 Å². The van der Waals surface area contributed by atoms with Gasteiger partial charge < -0.3 is 4.90 Å². The third-order valence-electron chi connectivity index (χ3n) is 5.26. The summed E-state index contributed by atoms with van der Waals surface area (Å²) in [5.74, 6) is 0. The molecule has 146 valence electrons. The molecular weight excluding hydrogens is 356 g/mol. The van der Waals surface area contributed by atoms with Crippen LogP contribution in [0.1, 0.15) is 49.3 Å². The van der Waals surface area contributed by atoms with E-state index in [1.807, 2.05) is 49.4 Å². The minimum absolute atomic E-state index is 0.222. The highest BCUT2D eigenvalue weighted by Gasteiger charge is 2.22. The van der Waals surface area contributed by atoms with E-state index in [9.17, 15) is 8.42 Å². The van der Waals surface area contributed by atoms with Gasteiger partial charge in [0.2, 0.25) is 10.0 Å².